The quantitative estimate of drug-likeness (QED) is 0.849. The van der Waals surface area contributed by atoms with Crippen LogP contribution in [0.2, 0.25) is 0 Å². The number of aryl methyl sites for hydroxylation is 1. The molecule has 0 fully saturated rings. The highest BCUT2D eigenvalue weighted by Gasteiger charge is 2.09. The lowest BCUT2D eigenvalue weighted by Gasteiger charge is -2.04. The highest BCUT2D eigenvalue weighted by Crippen LogP contribution is 2.11. The van der Waals surface area contributed by atoms with Gasteiger partial charge in [0, 0.05) is 30.5 Å². The third-order valence-corrected chi connectivity index (χ3v) is 4.21. The van der Waals surface area contributed by atoms with Crippen LogP contribution in [0.15, 0.2) is 47.4 Å². The molecule has 4 nitrogen and oxygen atoms in total. The maximum Gasteiger partial charge on any atom is 0.175 e. The lowest BCUT2D eigenvalue weighted by Crippen LogP contribution is -2.08. The Morgan fingerprint density at radius 1 is 1.05 bits per heavy atom. The Kier molecular flexibility index (Phi) is 4.53. The molecule has 0 aliphatic rings. The molecule has 0 radical (unpaired) electrons. The summed E-state index contributed by atoms with van der Waals surface area (Å²) >= 11 is 0. The maximum absolute atomic E-state index is 12.0. The van der Waals surface area contributed by atoms with E-state index in [1.165, 1.54) is 12.1 Å². The molecule has 0 amide bonds. The number of carbonyl (C=O) groups excluding carboxylic acids is 1. The Hall–Kier alpha value is -2.01. The molecule has 2 aromatic rings. The summed E-state index contributed by atoms with van der Waals surface area (Å²) in [7, 11) is -3.20. The van der Waals surface area contributed by atoms with Crippen LogP contribution in [0, 0.1) is 6.92 Å². The number of ketones is 1. The largest absolute Gasteiger partial charge is 0.299 e. The number of rotatable bonds is 5. The SMILES string of the molecule is Cc1cccc(CC(=O)Cc2ccc(S(C)(=O)=O)cc2)n1. The van der Waals surface area contributed by atoms with Gasteiger partial charge >= 0.3 is 0 Å². The monoisotopic (exact) mass is 303 g/mol. The van der Waals surface area contributed by atoms with Crippen molar-refractivity contribution in [3.8, 4) is 0 Å². The standard InChI is InChI=1S/C16H17NO3S/c1-12-4-3-5-14(17-12)11-15(18)10-13-6-8-16(9-7-13)21(2,19)20/h3-9H,10-11H2,1-2H3. The van der Waals surface area contributed by atoms with E-state index in [1.54, 1.807) is 12.1 Å². The van der Waals surface area contributed by atoms with E-state index in [9.17, 15) is 13.2 Å². The first kappa shape index (κ1) is 15.4. The number of hydrogen-bond acceptors (Lipinski definition) is 4. The van der Waals surface area contributed by atoms with Crippen LogP contribution >= 0.6 is 0 Å². The van der Waals surface area contributed by atoms with Crippen molar-refractivity contribution in [3.05, 3.63) is 59.4 Å². The fraction of sp³-hybridized carbons (Fsp3) is 0.250. The number of hydrogen-bond donors (Lipinski definition) is 0. The van der Waals surface area contributed by atoms with Gasteiger partial charge in [-0.05, 0) is 36.8 Å². The van der Waals surface area contributed by atoms with Crippen molar-refractivity contribution in [1.82, 2.24) is 4.98 Å². The average Bonchev–Trinajstić information content (AvgIpc) is 2.38. The van der Waals surface area contributed by atoms with E-state index in [0.29, 0.717) is 0 Å². The molecule has 2 rings (SSSR count). The molecule has 0 N–H and O–H groups in total. The predicted octanol–water partition coefficient (Wildman–Crippen LogP) is 2.15. The van der Waals surface area contributed by atoms with Crippen LogP contribution in [0.3, 0.4) is 0 Å². The summed E-state index contributed by atoms with van der Waals surface area (Å²) in [5.41, 5.74) is 2.45. The summed E-state index contributed by atoms with van der Waals surface area (Å²) in [4.78, 5) is 16.6. The number of sulfone groups is 1. The Morgan fingerprint density at radius 3 is 2.29 bits per heavy atom. The smallest absolute Gasteiger partial charge is 0.175 e. The summed E-state index contributed by atoms with van der Waals surface area (Å²) < 4.78 is 22.7. The van der Waals surface area contributed by atoms with E-state index >= 15 is 0 Å². The van der Waals surface area contributed by atoms with Gasteiger partial charge in [0.15, 0.2) is 9.84 Å². The Bertz CT molecular complexity index is 749. The van der Waals surface area contributed by atoms with Crippen molar-refractivity contribution in [3.63, 3.8) is 0 Å². The van der Waals surface area contributed by atoms with Gasteiger partial charge in [-0.25, -0.2) is 8.42 Å². The zero-order valence-corrected chi connectivity index (χ0v) is 12.9. The van der Waals surface area contributed by atoms with Crippen molar-refractivity contribution >= 4 is 15.6 Å². The van der Waals surface area contributed by atoms with Gasteiger partial charge in [0.2, 0.25) is 0 Å². The molecule has 0 unspecified atom stereocenters. The van der Waals surface area contributed by atoms with Gasteiger partial charge < -0.3 is 0 Å². The molecule has 0 saturated heterocycles. The van der Waals surface area contributed by atoms with E-state index in [2.05, 4.69) is 4.98 Å². The minimum absolute atomic E-state index is 0.0557. The van der Waals surface area contributed by atoms with Crippen molar-refractivity contribution in [2.45, 2.75) is 24.7 Å². The topological polar surface area (TPSA) is 64.1 Å². The van der Waals surface area contributed by atoms with Crippen molar-refractivity contribution in [1.29, 1.82) is 0 Å². The minimum atomic E-state index is -3.20. The third-order valence-electron chi connectivity index (χ3n) is 3.08. The van der Waals surface area contributed by atoms with Crippen molar-refractivity contribution < 1.29 is 13.2 Å². The van der Waals surface area contributed by atoms with E-state index < -0.39 is 9.84 Å². The summed E-state index contributed by atoms with van der Waals surface area (Å²) in [5.74, 6) is 0.0557. The van der Waals surface area contributed by atoms with Crippen LogP contribution in [-0.2, 0) is 27.5 Å². The van der Waals surface area contributed by atoms with E-state index in [-0.39, 0.29) is 23.5 Å². The number of Topliss-reactive ketones (excluding diaryl/α,β-unsaturated/α-hetero) is 1. The number of pyridine rings is 1. The molecule has 5 heteroatoms. The molecule has 0 aliphatic carbocycles. The lowest BCUT2D eigenvalue weighted by atomic mass is 10.1. The molecular formula is C16H17NO3S. The first-order valence-electron chi connectivity index (χ1n) is 6.58. The molecule has 0 bridgehead atoms. The van der Waals surface area contributed by atoms with E-state index in [4.69, 9.17) is 0 Å². The lowest BCUT2D eigenvalue weighted by molar-refractivity contribution is -0.117. The van der Waals surface area contributed by atoms with Crippen LogP contribution in [0.1, 0.15) is 17.0 Å². The van der Waals surface area contributed by atoms with Gasteiger partial charge in [0.25, 0.3) is 0 Å². The van der Waals surface area contributed by atoms with Crippen LogP contribution in [0.5, 0.6) is 0 Å². The Labute approximate surface area is 124 Å². The van der Waals surface area contributed by atoms with Gasteiger partial charge in [0.1, 0.15) is 5.78 Å². The van der Waals surface area contributed by atoms with E-state index in [0.717, 1.165) is 23.2 Å². The number of aromatic nitrogens is 1. The Balaban J connectivity index is 2.03. The average molecular weight is 303 g/mol. The third kappa shape index (κ3) is 4.49. The van der Waals surface area contributed by atoms with E-state index in [1.807, 2.05) is 25.1 Å². The zero-order valence-electron chi connectivity index (χ0n) is 12.0. The van der Waals surface area contributed by atoms with Gasteiger partial charge in [-0.1, -0.05) is 18.2 Å². The maximum atomic E-state index is 12.0. The normalized spacial score (nSPS) is 11.3. The summed E-state index contributed by atoms with van der Waals surface area (Å²) in [6.45, 7) is 1.89. The molecular weight excluding hydrogens is 286 g/mol. The second-order valence-electron chi connectivity index (χ2n) is 5.08. The van der Waals surface area contributed by atoms with Gasteiger partial charge in [0.05, 0.1) is 4.90 Å². The minimum Gasteiger partial charge on any atom is -0.299 e. The second kappa shape index (κ2) is 6.18. The summed E-state index contributed by atoms with van der Waals surface area (Å²) in [5, 5.41) is 0. The highest BCUT2D eigenvalue weighted by atomic mass is 32.2. The van der Waals surface area contributed by atoms with Crippen LogP contribution in [0.25, 0.3) is 0 Å². The van der Waals surface area contributed by atoms with Gasteiger partial charge in [-0.15, -0.1) is 0 Å². The number of benzene rings is 1. The van der Waals surface area contributed by atoms with Crippen LogP contribution in [0.4, 0.5) is 0 Å². The fourth-order valence-electron chi connectivity index (χ4n) is 2.04. The molecule has 0 aliphatic heterocycles. The highest BCUT2D eigenvalue weighted by molar-refractivity contribution is 7.90. The second-order valence-corrected chi connectivity index (χ2v) is 7.09. The number of nitrogens with zero attached hydrogens (tertiary/aromatic N) is 1. The van der Waals surface area contributed by atoms with Gasteiger partial charge in [-0.3, -0.25) is 9.78 Å². The fourth-order valence-corrected chi connectivity index (χ4v) is 2.68. The first-order chi connectivity index (χ1) is 9.84. The summed E-state index contributed by atoms with van der Waals surface area (Å²) in [6.07, 6.45) is 1.73. The molecule has 1 heterocycles. The molecule has 0 spiro atoms. The van der Waals surface area contributed by atoms with Crippen LogP contribution < -0.4 is 0 Å². The molecule has 0 saturated carbocycles. The Morgan fingerprint density at radius 2 is 1.71 bits per heavy atom. The van der Waals surface area contributed by atoms with Crippen molar-refractivity contribution in [2.75, 3.05) is 6.26 Å². The number of carbonyl (C=O) groups is 1. The predicted molar refractivity (Wildman–Crippen MR) is 80.9 cm³/mol. The molecule has 110 valence electrons. The van der Waals surface area contributed by atoms with Gasteiger partial charge in [-0.2, -0.15) is 0 Å². The first-order valence-corrected chi connectivity index (χ1v) is 8.47. The molecule has 1 aromatic heterocycles. The zero-order chi connectivity index (χ0) is 15.5. The molecule has 0 atom stereocenters. The molecule has 1 aromatic carbocycles. The van der Waals surface area contributed by atoms with Crippen LogP contribution in [-0.4, -0.2) is 25.4 Å². The molecule has 21 heavy (non-hydrogen) atoms. The summed E-state index contributed by atoms with van der Waals surface area (Å²) in [6, 6.07) is 12.0. The van der Waals surface area contributed by atoms with Crippen molar-refractivity contribution in [2.24, 2.45) is 0 Å².